The Morgan fingerprint density at radius 1 is 1.10 bits per heavy atom. The van der Waals surface area contributed by atoms with E-state index in [0.29, 0.717) is 12.2 Å². The van der Waals surface area contributed by atoms with Gasteiger partial charge in [0.05, 0.1) is 18.7 Å². The lowest BCUT2D eigenvalue weighted by Crippen LogP contribution is -2.44. The summed E-state index contributed by atoms with van der Waals surface area (Å²) in [6, 6.07) is 11.3. The van der Waals surface area contributed by atoms with E-state index in [1.807, 2.05) is 31.3 Å². The average Bonchev–Trinajstić information content (AvgIpc) is 2.74. The van der Waals surface area contributed by atoms with E-state index in [-0.39, 0.29) is 12.5 Å². The molecule has 0 spiro atoms. The van der Waals surface area contributed by atoms with Crippen molar-refractivity contribution in [3.8, 4) is 0 Å². The summed E-state index contributed by atoms with van der Waals surface area (Å²) in [5, 5.41) is 3.02. The molecule has 3 rings (SSSR count). The maximum atomic E-state index is 13.3. The van der Waals surface area contributed by atoms with Gasteiger partial charge in [0.25, 0.3) is 0 Å². The fraction of sp³-hybridized carbons (Fsp3) is 0.409. The Morgan fingerprint density at radius 2 is 1.81 bits per heavy atom. The highest BCUT2D eigenvalue weighted by atomic mass is 19.4. The lowest BCUT2D eigenvalue weighted by molar-refractivity contribution is -0.137. The van der Waals surface area contributed by atoms with Crippen LogP contribution >= 0.6 is 0 Å². The molecule has 6 nitrogen and oxygen atoms in total. The summed E-state index contributed by atoms with van der Waals surface area (Å²) in [6.07, 6.45) is -4.41. The molecule has 0 radical (unpaired) electrons. The fourth-order valence-corrected chi connectivity index (χ4v) is 3.52. The Bertz CT molecular complexity index is 908. The molecule has 2 aromatic carbocycles. The number of benzene rings is 2. The van der Waals surface area contributed by atoms with Crippen molar-refractivity contribution in [3.63, 3.8) is 0 Å². The number of hydrogen-bond donors (Lipinski definition) is 2. The second-order valence-corrected chi connectivity index (χ2v) is 7.55. The second kappa shape index (κ2) is 10.0. The lowest BCUT2D eigenvalue weighted by atomic mass is 10.1. The number of aliphatic imine (C=N–C) groups is 1. The van der Waals surface area contributed by atoms with Gasteiger partial charge >= 0.3 is 6.18 Å². The molecule has 0 bridgehead atoms. The minimum Gasteiger partial charge on any atom is -0.380 e. The van der Waals surface area contributed by atoms with Crippen molar-refractivity contribution < 1.29 is 17.9 Å². The van der Waals surface area contributed by atoms with E-state index in [0.717, 1.165) is 49.2 Å². The van der Waals surface area contributed by atoms with Crippen molar-refractivity contribution in [2.45, 2.75) is 19.3 Å². The summed E-state index contributed by atoms with van der Waals surface area (Å²) in [7, 11) is 3.63. The van der Waals surface area contributed by atoms with Crippen LogP contribution in [0.1, 0.15) is 16.7 Å². The smallest absolute Gasteiger partial charge is 0.380 e. The first-order valence-electron chi connectivity index (χ1n) is 10.1. The monoisotopic (exact) mass is 435 g/mol. The molecule has 0 atom stereocenters. The van der Waals surface area contributed by atoms with Crippen LogP contribution in [-0.4, -0.2) is 51.2 Å². The highest BCUT2D eigenvalue weighted by Gasteiger charge is 2.31. The molecule has 0 saturated carbocycles. The third-order valence-corrected chi connectivity index (χ3v) is 5.25. The third kappa shape index (κ3) is 6.11. The van der Waals surface area contributed by atoms with Crippen LogP contribution in [0.5, 0.6) is 0 Å². The SMILES string of the molecule is COCc1ccccc1NC(N)=NCc1cc(C(F)(F)F)ccc1N1CCN(C)CC1. The molecule has 1 saturated heterocycles. The molecule has 0 aromatic heterocycles. The van der Waals surface area contributed by atoms with Gasteiger partial charge in [0.15, 0.2) is 5.96 Å². The number of piperazine rings is 1. The maximum Gasteiger partial charge on any atom is 0.416 e. The number of methoxy groups -OCH3 is 1. The van der Waals surface area contributed by atoms with Crippen molar-refractivity contribution in [1.29, 1.82) is 0 Å². The Hall–Kier alpha value is -2.78. The number of alkyl halides is 3. The Morgan fingerprint density at radius 3 is 2.48 bits per heavy atom. The zero-order chi connectivity index (χ0) is 22.4. The van der Waals surface area contributed by atoms with E-state index in [1.54, 1.807) is 7.11 Å². The van der Waals surface area contributed by atoms with E-state index >= 15 is 0 Å². The van der Waals surface area contributed by atoms with Crippen molar-refractivity contribution in [2.24, 2.45) is 10.7 Å². The zero-order valence-corrected chi connectivity index (χ0v) is 17.7. The van der Waals surface area contributed by atoms with Gasteiger partial charge in [-0.3, -0.25) is 0 Å². The van der Waals surface area contributed by atoms with Gasteiger partial charge in [-0.05, 0) is 36.9 Å². The topological polar surface area (TPSA) is 66.1 Å². The molecule has 0 amide bonds. The summed E-state index contributed by atoms with van der Waals surface area (Å²) in [5.74, 6) is 0.130. The largest absolute Gasteiger partial charge is 0.416 e. The number of rotatable bonds is 6. The predicted molar refractivity (Wildman–Crippen MR) is 117 cm³/mol. The van der Waals surface area contributed by atoms with E-state index in [9.17, 15) is 13.2 Å². The molecule has 1 fully saturated rings. The highest BCUT2D eigenvalue weighted by Crippen LogP contribution is 2.33. The molecule has 2 aromatic rings. The Labute approximate surface area is 180 Å². The number of para-hydroxylation sites is 1. The molecule has 9 heteroatoms. The minimum atomic E-state index is -4.41. The number of guanidine groups is 1. The van der Waals surface area contributed by atoms with Crippen LogP contribution in [0.4, 0.5) is 24.5 Å². The molecule has 1 aliphatic heterocycles. The summed E-state index contributed by atoms with van der Waals surface area (Å²) in [4.78, 5) is 8.61. The van der Waals surface area contributed by atoms with Crippen LogP contribution in [0, 0.1) is 0 Å². The molecule has 31 heavy (non-hydrogen) atoms. The molecule has 168 valence electrons. The van der Waals surface area contributed by atoms with Gasteiger partial charge in [0, 0.05) is 50.2 Å². The Kier molecular flexibility index (Phi) is 7.40. The highest BCUT2D eigenvalue weighted by molar-refractivity contribution is 5.93. The molecule has 1 heterocycles. The zero-order valence-electron chi connectivity index (χ0n) is 17.7. The van der Waals surface area contributed by atoms with Crippen molar-refractivity contribution >= 4 is 17.3 Å². The molecule has 3 N–H and O–H groups in total. The number of nitrogens with one attached hydrogen (secondary N) is 1. The van der Waals surface area contributed by atoms with Crippen LogP contribution in [0.25, 0.3) is 0 Å². The first-order chi connectivity index (χ1) is 14.8. The van der Waals surface area contributed by atoms with Crippen LogP contribution in [-0.2, 0) is 24.1 Å². The van der Waals surface area contributed by atoms with Gasteiger partial charge < -0.3 is 25.6 Å². The fourth-order valence-electron chi connectivity index (χ4n) is 3.52. The van der Waals surface area contributed by atoms with Crippen LogP contribution in [0.3, 0.4) is 0 Å². The number of likely N-dealkylation sites (N-methyl/N-ethyl adjacent to an activating group) is 1. The van der Waals surface area contributed by atoms with E-state index in [1.165, 1.54) is 12.1 Å². The molecule has 0 unspecified atom stereocenters. The first-order valence-corrected chi connectivity index (χ1v) is 10.1. The van der Waals surface area contributed by atoms with Crippen molar-refractivity contribution in [2.75, 3.05) is 50.6 Å². The number of nitrogens with two attached hydrogens (primary N) is 1. The number of halogens is 3. The van der Waals surface area contributed by atoms with E-state index in [4.69, 9.17) is 10.5 Å². The van der Waals surface area contributed by atoms with Crippen molar-refractivity contribution in [3.05, 3.63) is 59.2 Å². The molecular formula is C22H28F3N5O. The average molecular weight is 435 g/mol. The summed E-state index contributed by atoms with van der Waals surface area (Å²) in [5.41, 5.74) is 8.26. The van der Waals surface area contributed by atoms with E-state index < -0.39 is 11.7 Å². The maximum absolute atomic E-state index is 13.3. The van der Waals surface area contributed by atoms with Gasteiger partial charge in [-0.15, -0.1) is 0 Å². The van der Waals surface area contributed by atoms with Crippen LogP contribution in [0.2, 0.25) is 0 Å². The quantitative estimate of drug-likeness (QED) is 0.537. The van der Waals surface area contributed by atoms with Gasteiger partial charge in [-0.1, -0.05) is 18.2 Å². The number of nitrogens with zero attached hydrogens (tertiary/aromatic N) is 3. The van der Waals surface area contributed by atoms with Gasteiger partial charge in [-0.25, -0.2) is 4.99 Å². The van der Waals surface area contributed by atoms with Gasteiger partial charge in [0.2, 0.25) is 0 Å². The van der Waals surface area contributed by atoms with Crippen molar-refractivity contribution in [1.82, 2.24) is 4.90 Å². The lowest BCUT2D eigenvalue weighted by Gasteiger charge is -2.35. The normalized spacial score (nSPS) is 15.9. The Balaban J connectivity index is 1.83. The summed E-state index contributed by atoms with van der Waals surface area (Å²) >= 11 is 0. The summed E-state index contributed by atoms with van der Waals surface area (Å²) < 4.78 is 45.1. The number of anilines is 2. The molecular weight excluding hydrogens is 407 g/mol. The number of hydrogen-bond acceptors (Lipinski definition) is 4. The van der Waals surface area contributed by atoms with Crippen LogP contribution in [0.15, 0.2) is 47.5 Å². The predicted octanol–water partition coefficient (Wildman–Crippen LogP) is 3.53. The second-order valence-electron chi connectivity index (χ2n) is 7.55. The summed E-state index contributed by atoms with van der Waals surface area (Å²) in [6.45, 7) is 3.63. The van der Waals surface area contributed by atoms with Gasteiger partial charge in [0.1, 0.15) is 0 Å². The van der Waals surface area contributed by atoms with E-state index in [2.05, 4.69) is 20.1 Å². The van der Waals surface area contributed by atoms with Crippen LogP contribution < -0.4 is 16.0 Å². The first kappa shape index (κ1) is 22.9. The molecule has 0 aliphatic carbocycles. The molecule has 1 aliphatic rings. The third-order valence-electron chi connectivity index (χ3n) is 5.25. The van der Waals surface area contributed by atoms with Gasteiger partial charge in [-0.2, -0.15) is 13.2 Å². The minimum absolute atomic E-state index is 0.0386. The standard InChI is InChI=1S/C22H28F3N5O/c1-29-9-11-30(12-10-29)20-8-7-18(22(23,24)25)13-17(20)14-27-21(26)28-19-6-4-3-5-16(19)15-31-2/h3-8,13H,9-12,14-15H2,1-2H3,(H3,26,27,28). The number of ether oxygens (including phenoxy) is 1.